The van der Waals surface area contributed by atoms with Crippen LogP contribution < -0.4 is 0 Å². The van der Waals surface area contributed by atoms with Gasteiger partial charge in [-0.05, 0) is 36.1 Å². The predicted octanol–water partition coefficient (Wildman–Crippen LogP) is 5.04. The zero-order valence-electron chi connectivity index (χ0n) is 16.9. The van der Waals surface area contributed by atoms with Crippen LogP contribution >= 0.6 is 0 Å². The van der Waals surface area contributed by atoms with Crippen LogP contribution in [0, 0.1) is 0 Å². The van der Waals surface area contributed by atoms with Gasteiger partial charge in [0.15, 0.2) is 0 Å². The summed E-state index contributed by atoms with van der Waals surface area (Å²) in [6.45, 7) is 3.65. The van der Waals surface area contributed by atoms with Gasteiger partial charge in [0.2, 0.25) is 0 Å². The van der Waals surface area contributed by atoms with Crippen LogP contribution in [0.15, 0.2) is 103 Å². The first-order chi connectivity index (χ1) is 14.0. The Labute approximate surface area is 172 Å². The van der Waals surface area contributed by atoms with E-state index in [9.17, 15) is 5.11 Å². The van der Waals surface area contributed by atoms with E-state index in [1.54, 1.807) is 0 Å². The second-order valence-corrected chi connectivity index (χ2v) is 8.09. The number of nitrogens with zero attached hydrogens (tertiary/aromatic N) is 2. The van der Waals surface area contributed by atoms with Gasteiger partial charge in [-0.1, -0.05) is 91.0 Å². The number of benzene rings is 3. The molecule has 0 bridgehead atoms. The minimum Gasteiger partial charge on any atom is -0.390 e. The van der Waals surface area contributed by atoms with Crippen molar-refractivity contribution < 1.29 is 5.11 Å². The van der Waals surface area contributed by atoms with E-state index in [4.69, 9.17) is 5.10 Å². The monoisotopic (exact) mass is 382 g/mol. The Balaban J connectivity index is 2.01. The highest BCUT2D eigenvalue weighted by Crippen LogP contribution is 2.40. The Hall–Kier alpha value is -3.17. The molecule has 1 heterocycles. The van der Waals surface area contributed by atoms with E-state index in [2.05, 4.69) is 79.0 Å². The molecular weight excluding hydrogens is 356 g/mol. The molecule has 146 valence electrons. The van der Waals surface area contributed by atoms with Gasteiger partial charge >= 0.3 is 0 Å². The van der Waals surface area contributed by atoms with Gasteiger partial charge in [0, 0.05) is 12.6 Å². The van der Waals surface area contributed by atoms with Crippen molar-refractivity contribution in [3.63, 3.8) is 0 Å². The molecule has 0 atom stereocenters. The number of hydrogen-bond acceptors (Lipinski definition) is 2. The summed E-state index contributed by atoms with van der Waals surface area (Å²) in [6.07, 6.45) is 4.47. The van der Waals surface area contributed by atoms with Crippen LogP contribution in [0.1, 0.15) is 36.1 Å². The summed E-state index contributed by atoms with van der Waals surface area (Å²) in [6, 6.07) is 31.4. The number of aromatic nitrogens is 2. The average Bonchev–Trinajstić information content (AvgIpc) is 3.18. The molecule has 0 fully saturated rings. The van der Waals surface area contributed by atoms with Gasteiger partial charge in [-0.15, -0.1) is 0 Å². The lowest BCUT2D eigenvalue weighted by Crippen LogP contribution is -2.38. The smallest absolute Gasteiger partial charge is 0.137 e. The van der Waals surface area contributed by atoms with Gasteiger partial charge < -0.3 is 5.11 Å². The number of aliphatic hydroxyl groups is 1. The van der Waals surface area contributed by atoms with Crippen molar-refractivity contribution in [3.8, 4) is 0 Å². The van der Waals surface area contributed by atoms with Gasteiger partial charge in [0.1, 0.15) is 5.54 Å². The molecule has 0 radical (unpaired) electrons. The van der Waals surface area contributed by atoms with Crippen LogP contribution in [0.3, 0.4) is 0 Å². The molecule has 0 aliphatic carbocycles. The molecule has 0 saturated carbocycles. The van der Waals surface area contributed by atoms with Gasteiger partial charge in [-0.3, -0.25) is 4.68 Å². The molecule has 0 saturated heterocycles. The first-order valence-corrected chi connectivity index (χ1v) is 9.93. The second-order valence-electron chi connectivity index (χ2n) is 8.09. The Bertz CT molecular complexity index is 951. The van der Waals surface area contributed by atoms with Crippen molar-refractivity contribution in [2.45, 2.75) is 31.4 Å². The summed E-state index contributed by atoms with van der Waals surface area (Å²) in [5, 5.41) is 15.1. The van der Waals surface area contributed by atoms with Crippen LogP contribution in [0.5, 0.6) is 0 Å². The van der Waals surface area contributed by atoms with Gasteiger partial charge in [0.25, 0.3) is 0 Å². The third-order valence-electron chi connectivity index (χ3n) is 5.19. The normalized spacial score (nSPS) is 12.1. The van der Waals surface area contributed by atoms with Crippen molar-refractivity contribution >= 4 is 0 Å². The molecule has 0 aliphatic heterocycles. The van der Waals surface area contributed by atoms with E-state index in [0.29, 0.717) is 6.42 Å². The summed E-state index contributed by atoms with van der Waals surface area (Å²) >= 11 is 0. The lowest BCUT2D eigenvalue weighted by molar-refractivity contribution is 0.0809. The van der Waals surface area contributed by atoms with E-state index >= 15 is 0 Å². The maximum absolute atomic E-state index is 10.3. The highest BCUT2D eigenvalue weighted by atomic mass is 16.3. The van der Waals surface area contributed by atoms with E-state index in [1.165, 1.54) is 0 Å². The topological polar surface area (TPSA) is 38.1 Å². The lowest BCUT2D eigenvalue weighted by atomic mass is 9.77. The van der Waals surface area contributed by atoms with Crippen molar-refractivity contribution in [2.75, 3.05) is 0 Å². The molecule has 3 heteroatoms. The zero-order valence-corrected chi connectivity index (χ0v) is 16.9. The van der Waals surface area contributed by atoms with E-state index in [0.717, 1.165) is 22.3 Å². The maximum Gasteiger partial charge on any atom is 0.137 e. The zero-order chi connectivity index (χ0) is 20.3. The molecule has 0 unspecified atom stereocenters. The Morgan fingerprint density at radius 2 is 1.14 bits per heavy atom. The summed E-state index contributed by atoms with van der Waals surface area (Å²) in [4.78, 5) is 0. The Morgan fingerprint density at radius 1 is 0.724 bits per heavy atom. The maximum atomic E-state index is 10.3. The molecular formula is C26H26N2O. The molecule has 1 N–H and O–H groups in total. The highest BCUT2D eigenvalue weighted by molar-refractivity contribution is 5.50. The van der Waals surface area contributed by atoms with E-state index in [1.807, 2.05) is 42.9 Å². The predicted molar refractivity (Wildman–Crippen MR) is 117 cm³/mol. The quantitative estimate of drug-likeness (QED) is 0.475. The summed E-state index contributed by atoms with van der Waals surface area (Å²) < 4.78 is 2.04. The molecule has 0 spiro atoms. The Kier molecular flexibility index (Phi) is 5.08. The van der Waals surface area contributed by atoms with Crippen LogP contribution in [0.25, 0.3) is 0 Å². The SMILES string of the molecule is CC(C)(O)Cc1cnn(C(c2ccccc2)(c2ccccc2)c2ccccc2)c1. The van der Waals surface area contributed by atoms with Gasteiger partial charge in [0.05, 0.1) is 11.8 Å². The van der Waals surface area contributed by atoms with Crippen LogP contribution in [-0.4, -0.2) is 20.5 Å². The third kappa shape index (κ3) is 3.74. The minimum atomic E-state index is -0.789. The van der Waals surface area contributed by atoms with E-state index in [-0.39, 0.29) is 0 Å². The molecule has 0 aliphatic rings. The van der Waals surface area contributed by atoms with Crippen molar-refractivity contribution in [2.24, 2.45) is 0 Å². The van der Waals surface area contributed by atoms with Crippen molar-refractivity contribution in [3.05, 3.63) is 126 Å². The highest BCUT2D eigenvalue weighted by Gasteiger charge is 2.39. The molecule has 4 aromatic rings. The summed E-state index contributed by atoms with van der Waals surface area (Å²) in [5.74, 6) is 0. The molecule has 3 aromatic carbocycles. The standard InChI is InChI=1S/C26H26N2O/c1-25(2,29)18-21-19-27-28(20-21)26(22-12-6-3-7-13-22,23-14-8-4-9-15-23)24-16-10-5-11-17-24/h3-17,19-20,29H,18H2,1-2H3. The average molecular weight is 383 g/mol. The fourth-order valence-corrected chi connectivity index (χ4v) is 4.07. The van der Waals surface area contributed by atoms with Gasteiger partial charge in [-0.2, -0.15) is 5.10 Å². The number of rotatable bonds is 6. The first-order valence-electron chi connectivity index (χ1n) is 9.93. The van der Waals surface area contributed by atoms with Crippen molar-refractivity contribution in [1.29, 1.82) is 0 Å². The fourth-order valence-electron chi connectivity index (χ4n) is 4.07. The summed E-state index contributed by atoms with van der Waals surface area (Å²) in [5.41, 5.74) is 3.01. The molecule has 4 rings (SSSR count). The largest absolute Gasteiger partial charge is 0.390 e. The molecule has 3 nitrogen and oxygen atoms in total. The summed E-state index contributed by atoms with van der Waals surface area (Å²) in [7, 11) is 0. The van der Waals surface area contributed by atoms with Crippen LogP contribution in [0.4, 0.5) is 0 Å². The van der Waals surface area contributed by atoms with Crippen molar-refractivity contribution in [1.82, 2.24) is 9.78 Å². The molecule has 29 heavy (non-hydrogen) atoms. The Morgan fingerprint density at radius 3 is 1.52 bits per heavy atom. The van der Waals surface area contributed by atoms with Gasteiger partial charge in [-0.25, -0.2) is 0 Å². The molecule has 1 aromatic heterocycles. The third-order valence-corrected chi connectivity index (χ3v) is 5.19. The van der Waals surface area contributed by atoms with E-state index < -0.39 is 11.1 Å². The minimum absolute atomic E-state index is 0.543. The van der Waals surface area contributed by atoms with Crippen LogP contribution in [-0.2, 0) is 12.0 Å². The second kappa shape index (κ2) is 7.69. The number of hydrogen-bond donors (Lipinski definition) is 1. The first kappa shape index (κ1) is 19.2. The van der Waals surface area contributed by atoms with Crippen LogP contribution in [0.2, 0.25) is 0 Å². The molecule has 0 amide bonds. The fraction of sp³-hybridized carbons (Fsp3) is 0.192. The lowest BCUT2D eigenvalue weighted by Gasteiger charge is -2.36.